The summed E-state index contributed by atoms with van der Waals surface area (Å²) in [6.45, 7) is 1.92. The van der Waals surface area contributed by atoms with E-state index >= 15 is 0 Å². The van der Waals surface area contributed by atoms with Crippen molar-refractivity contribution >= 4 is 17.5 Å². The monoisotopic (exact) mass is 506 g/mol. The lowest BCUT2D eigenvalue weighted by atomic mass is 9.77. The van der Waals surface area contributed by atoms with Crippen LogP contribution in [0.1, 0.15) is 41.5 Å². The van der Waals surface area contributed by atoms with Crippen LogP contribution in [0.2, 0.25) is 0 Å². The van der Waals surface area contributed by atoms with Crippen molar-refractivity contribution in [3.05, 3.63) is 47.5 Å². The molecule has 0 saturated carbocycles. The highest BCUT2D eigenvalue weighted by Crippen LogP contribution is 2.54. The van der Waals surface area contributed by atoms with Crippen molar-refractivity contribution in [3.8, 4) is 5.75 Å². The molecule has 14 heteroatoms. The lowest BCUT2D eigenvalue weighted by Crippen LogP contribution is -2.47. The number of hydrogen-bond donors (Lipinski definition) is 2. The molecule has 0 spiro atoms. The number of nitrogens with two attached hydrogens (primary N) is 1. The summed E-state index contributed by atoms with van der Waals surface area (Å²) in [6.07, 6.45) is -9.70. The quantitative estimate of drug-likeness (QED) is 0.598. The number of amides is 2. The van der Waals surface area contributed by atoms with E-state index in [1.165, 1.54) is 13.0 Å². The molecule has 3 rings (SSSR count). The van der Waals surface area contributed by atoms with E-state index < -0.39 is 59.2 Å². The smallest absolute Gasteiger partial charge is 0.433 e. The third-order valence-electron chi connectivity index (χ3n) is 5.97. The molecular weight excluding hydrogens is 486 g/mol. The van der Waals surface area contributed by atoms with E-state index in [9.17, 15) is 35.9 Å². The Hall–Kier alpha value is -3.42. The summed E-state index contributed by atoms with van der Waals surface area (Å²) in [5.41, 5.74) is 0.602. The van der Waals surface area contributed by atoms with E-state index in [1.54, 1.807) is 0 Å². The largest absolute Gasteiger partial charge is 0.496 e. The zero-order valence-electron chi connectivity index (χ0n) is 18.5. The highest BCUT2D eigenvalue weighted by Gasteiger charge is 2.66. The number of primary amides is 1. The average molecular weight is 506 g/mol. The van der Waals surface area contributed by atoms with Crippen LogP contribution in [0, 0.1) is 5.92 Å². The Bertz CT molecular complexity index is 1140. The Labute approximate surface area is 194 Å². The molecule has 4 atom stereocenters. The van der Waals surface area contributed by atoms with E-state index in [2.05, 4.69) is 15.3 Å². The molecule has 0 aliphatic carbocycles. The topological polar surface area (TPSA) is 116 Å². The second kappa shape index (κ2) is 8.98. The van der Waals surface area contributed by atoms with Crippen molar-refractivity contribution in [2.24, 2.45) is 11.7 Å². The third kappa shape index (κ3) is 4.88. The van der Waals surface area contributed by atoms with E-state index in [0.29, 0.717) is 6.07 Å². The summed E-state index contributed by atoms with van der Waals surface area (Å²) in [6, 6.07) is 2.92. The van der Waals surface area contributed by atoms with Gasteiger partial charge in [0.15, 0.2) is 5.60 Å². The predicted molar refractivity (Wildman–Crippen MR) is 108 cm³/mol. The van der Waals surface area contributed by atoms with E-state index in [-0.39, 0.29) is 16.9 Å². The highest BCUT2D eigenvalue weighted by atomic mass is 19.4. The minimum atomic E-state index is -4.93. The number of hydrogen-bond acceptors (Lipinski definition) is 6. The lowest BCUT2D eigenvalue weighted by molar-refractivity contribution is -0.272. The van der Waals surface area contributed by atoms with Crippen molar-refractivity contribution in [2.45, 2.75) is 43.8 Å². The first-order valence-electron chi connectivity index (χ1n) is 10.0. The van der Waals surface area contributed by atoms with Crippen LogP contribution in [-0.2, 0) is 15.7 Å². The van der Waals surface area contributed by atoms with Crippen molar-refractivity contribution in [1.29, 1.82) is 0 Å². The highest BCUT2D eigenvalue weighted by molar-refractivity contribution is 5.97. The molecule has 0 unspecified atom stereocenters. The Kier molecular flexibility index (Phi) is 6.72. The van der Waals surface area contributed by atoms with E-state index in [4.69, 9.17) is 15.2 Å². The normalized spacial score (nSPS) is 24.8. The fraction of sp³-hybridized carbons (Fsp3) is 0.429. The van der Waals surface area contributed by atoms with Gasteiger partial charge >= 0.3 is 12.4 Å². The molecule has 2 aromatic rings. The molecule has 3 heterocycles. The SMILES string of the molecule is COc1cc(C(F)(F)F)ncc1[C@@H]1[C@@H](C)[C@@](C)(C(F)(F)F)O[C@H]1C(=O)Nc1ccnc(C(N)=O)c1. The van der Waals surface area contributed by atoms with Gasteiger partial charge in [0.25, 0.3) is 11.8 Å². The minimum absolute atomic E-state index is 0.00748. The number of rotatable bonds is 5. The zero-order valence-corrected chi connectivity index (χ0v) is 18.5. The molecule has 0 radical (unpaired) electrons. The van der Waals surface area contributed by atoms with Crippen molar-refractivity contribution in [2.75, 3.05) is 12.4 Å². The fourth-order valence-electron chi connectivity index (χ4n) is 3.91. The molecule has 35 heavy (non-hydrogen) atoms. The molecule has 2 amide bonds. The van der Waals surface area contributed by atoms with Gasteiger partial charge in [-0.3, -0.25) is 19.6 Å². The van der Waals surface area contributed by atoms with Crippen molar-refractivity contribution < 1.29 is 45.4 Å². The lowest BCUT2D eigenvalue weighted by Gasteiger charge is -2.31. The number of carbonyl (C=O) groups excluding carboxylic acids is 2. The molecule has 1 saturated heterocycles. The number of aromatic nitrogens is 2. The minimum Gasteiger partial charge on any atom is -0.496 e. The van der Waals surface area contributed by atoms with Crippen LogP contribution in [-0.4, -0.2) is 46.8 Å². The van der Waals surface area contributed by atoms with Gasteiger partial charge in [-0.25, -0.2) is 0 Å². The first-order valence-corrected chi connectivity index (χ1v) is 10.0. The first-order chi connectivity index (χ1) is 16.1. The van der Waals surface area contributed by atoms with Crippen LogP contribution >= 0.6 is 0 Å². The van der Waals surface area contributed by atoms with Gasteiger partial charge in [0.1, 0.15) is 23.2 Å². The van der Waals surface area contributed by atoms with E-state index in [1.807, 2.05) is 0 Å². The van der Waals surface area contributed by atoms with Crippen LogP contribution in [0.4, 0.5) is 32.0 Å². The van der Waals surface area contributed by atoms with Crippen molar-refractivity contribution in [3.63, 3.8) is 0 Å². The second-order valence-corrected chi connectivity index (χ2v) is 8.05. The number of nitrogens with one attached hydrogen (secondary N) is 1. The molecule has 0 aromatic carbocycles. The number of pyridine rings is 2. The Morgan fingerprint density at radius 2 is 1.83 bits per heavy atom. The number of alkyl halides is 6. The number of halogens is 6. The Morgan fingerprint density at radius 3 is 2.37 bits per heavy atom. The summed E-state index contributed by atoms with van der Waals surface area (Å²) in [4.78, 5) is 31.4. The third-order valence-corrected chi connectivity index (χ3v) is 5.97. The molecule has 8 nitrogen and oxygen atoms in total. The standard InChI is InChI=1S/C21H20F6N4O4/c1-9-15(11-8-30-14(20(22,23)24)7-13(11)34-3)16(35-19(9,2)21(25,26)27)18(33)31-10-4-5-29-12(6-10)17(28)32/h4-9,15-16H,1-3H3,(H2,28,32)(H,29,31,33)/t9-,15+,16-,19+/m1/s1. The summed E-state index contributed by atoms with van der Waals surface area (Å²) in [5.74, 6) is -5.20. The maximum atomic E-state index is 14.0. The molecule has 1 aliphatic heterocycles. The first kappa shape index (κ1) is 26.2. The number of methoxy groups -OCH3 is 1. The molecule has 1 aliphatic rings. The zero-order chi connectivity index (χ0) is 26.3. The number of carbonyl (C=O) groups is 2. The predicted octanol–water partition coefficient (Wildman–Crippen LogP) is 3.68. The molecular formula is C21H20F6N4O4. The van der Waals surface area contributed by atoms with Gasteiger partial charge in [-0.05, 0) is 19.1 Å². The van der Waals surface area contributed by atoms with Crippen LogP contribution in [0.5, 0.6) is 5.75 Å². The van der Waals surface area contributed by atoms with Crippen molar-refractivity contribution in [1.82, 2.24) is 9.97 Å². The molecule has 190 valence electrons. The van der Waals surface area contributed by atoms with Crippen LogP contribution in [0.25, 0.3) is 0 Å². The molecule has 0 bridgehead atoms. The van der Waals surface area contributed by atoms with Crippen LogP contribution in [0.3, 0.4) is 0 Å². The number of ether oxygens (including phenoxy) is 2. The maximum Gasteiger partial charge on any atom is 0.433 e. The molecule has 2 aromatic heterocycles. The van der Waals surface area contributed by atoms with Gasteiger partial charge < -0.3 is 20.5 Å². The van der Waals surface area contributed by atoms with Gasteiger partial charge in [0.2, 0.25) is 0 Å². The summed E-state index contributed by atoms with van der Waals surface area (Å²) in [7, 11) is 1.04. The molecule has 3 N–H and O–H groups in total. The maximum absolute atomic E-state index is 14.0. The Balaban J connectivity index is 2.07. The number of nitrogens with zero attached hydrogens (tertiary/aromatic N) is 2. The van der Waals surface area contributed by atoms with Gasteiger partial charge in [0.05, 0.1) is 7.11 Å². The van der Waals surface area contributed by atoms with Crippen LogP contribution < -0.4 is 15.8 Å². The Morgan fingerprint density at radius 1 is 1.17 bits per heavy atom. The average Bonchev–Trinajstić information content (AvgIpc) is 3.04. The fourth-order valence-corrected chi connectivity index (χ4v) is 3.91. The summed E-state index contributed by atoms with van der Waals surface area (Å²) >= 11 is 0. The van der Waals surface area contributed by atoms with Gasteiger partial charge in [-0.1, -0.05) is 6.92 Å². The van der Waals surface area contributed by atoms with Gasteiger partial charge in [-0.2, -0.15) is 26.3 Å². The van der Waals surface area contributed by atoms with E-state index in [0.717, 1.165) is 32.5 Å². The summed E-state index contributed by atoms with van der Waals surface area (Å²) in [5, 5.41) is 2.34. The van der Waals surface area contributed by atoms with Gasteiger partial charge in [0, 0.05) is 41.5 Å². The van der Waals surface area contributed by atoms with Crippen LogP contribution in [0.15, 0.2) is 30.6 Å². The van der Waals surface area contributed by atoms with Gasteiger partial charge in [-0.15, -0.1) is 0 Å². The second-order valence-electron chi connectivity index (χ2n) is 8.05. The number of anilines is 1. The molecule has 1 fully saturated rings. The summed E-state index contributed by atoms with van der Waals surface area (Å²) < 4.78 is 91.5.